The molecule has 2 aliphatic rings. The lowest BCUT2D eigenvalue weighted by Crippen LogP contribution is -2.49. The van der Waals surface area contributed by atoms with Gasteiger partial charge in [-0.2, -0.15) is 0 Å². The molecule has 0 bridgehead atoms. The molecule has 11 heteroatoms. The molecule has 4 N–H and O–H groups in total. The zero-order valence-corrected chi connectivity index (χ0v) is 20.4. The van der Waals surface area contributed by atoms with E-state index in [2.05, 4.69) is 34.3 Å². The number of carbonyl (C=O) groups is 4. The summed E-state index contributed by atoms with van der Waals surface area (Å²) in [6.07, 6.45) is 1.47. The Bertz CT molecular complexity index is 886. The Morgan fingerprint density at radius 1 is 0.857 bits per heavy atom. The Hall–Kier alpha value is -3.12. The zero-order valence-electron chi connectivity index (χ0n) is 20.4. The first-order valence-corrected chi connectivity index (χ1v) is 11.7. The van der Waals surface area contributed by atoms with Gasteiger partial charge in [-0.3, -0.25) is 19.2 Å². The van der Waals surface area contributed by atoms with E-state index < -0.39 is 17.9 Å². The van der Waals surface area contributed by atoms with Crippen LogP contribution in [-0.4, -0.2) is 105 Å². The molecule has 0 spiro atoms. The van der Waals surface area contributed by atoms with Crippen molar-refractivity contribution in [3.63, 3.8) is 0 Å². The van der Waals surface area contributed by atoms with Crippen LogP contribution in [0.25, 0.3) is 0 Å². The summed E-state index contributed by atoms with van der Waals surface area (Å²) in [7, 11) is 3.15. The second-order valence-electron chi connectivity index (χ2n) is 8.23. The van der Waals surface area contributed by atoms with Crippen LogP contribution in [0.15, 0.2) is 0 Å². The summed E-state index contributed by atoms with van der Waals surface area (Å²) < 4.78 is 10.5. The summed E-state index contributed by atoms with van der Waals surface area (Å²) in [6, 6.07) is -1.14. The lowest BCUT2D eigenvalue weighted by atomic mass is 10.1. The maximum Gasteiger partial charge on any atom is 0.241 e. The summed E-state index contributed by atoms with van der Waals surface area (Å²) in [5.41, 5.74) is 5.83. The molecule has 0 aromatic heterocycles. The lowest BCUT2D eigenvalue weighted by Gasteiger charge is -2.25. The largest absolute Gasteiger partial charge is 0.369 e. The fourth-order valence-corrected chi connectivity index (χ4v) is 3.58. The third-order valence-corrected chi connectivity index (χ3v) is 5.73. The summed E-state index contributed by atoms with van der Waals surface area (Å²) in [4.78, 5) is 52.6. The van der Waals surface area contributed by atoms with E-state index in [0.717, 1.165) is 0 Å². The van der Waals surface area contributed by atoms with Gasteiger partial charge in [-0.1, -0.05) is 23.7 Å². The number of rotatable bonds is 9. The normalized spacial score (nSPS) is 20.9. The third kappa shape index (κ3) is 9.95. The first kappa shape index (κ1) is 28.1. The molecule has 0 aromatic rings. The third-order valence-electron chi connectivity index (χ3n) is 5.73. The van der Waals surface area contributed by atoms with E-state index in [-0.39, 0.29) is 43.5 Å². The van der Waals surface area contributed by atoms with Crippen LogP contribution < -0.4 is 16.4 Å². The number of hydrogen-bond donors (Lipinski definition) is 3. The van der Waals surface area contributed by atoms with E-state index >= 15 is 0 Å². The molecule has 0 aromatic carbocycles. The van der Waals surface area contributed by atoms with Gasteiger partial charge in [0.05, 0.1) is 25.6 Å². The first-order chi connectivity index (χ1) is 16.8. The van der Waals surface area contributed by atoms with Crippen LogP contribution in [-0.2, 0) is 28.7 Å². The molecule has 3 unspecified atom stereocenters. The van der Waals surface area contributed by atoms with Crippen LogP contribution in [0.4, 0.5) is 0 Å². The van der Waals surface area contributed by atoms with E-state index in [4.69, 9.17) is 15.2 Å². The van der Waals surface area contributed by atoms with Crippen LogP contribution in [0, 0.1) is 23.7 Å². The van der Waals surface area contributed by atoms with Crippen molar-refractivity contribution in [3.8, 4) is 23.7 Å². The smallest absolute Gasteiger partial charge is 0.241 e. The number of nitrogens with zero attached hydrogens (tertiary/aromatic N) is 2. The molecule has 192 valence electrons. The van der Waals surface area contributed by atoms with Gasteiger partial charge in [-0.15, -0.1) is 0 Å². The monoisotopic (exact) mass is 489 g/mol. The molecule has 3 atom stereocenters. The Balaban J connectivity index is 1.70. The molecule has 11 nitrogen and oxygen atoms in total. The number of nitrogens with one attached hydrogen (secondary N) is 2. The second-order valence-corrected chi connectivity index (χ2v) is 8.23. The van der Waals surface area contributed by atoms with Gasteiger partial charge in [0.2, 0.25) is 23.6 Å². The van der Waals surface area contributed by atoms with Gasteiger partial charge in [0.15, 0.2) is 0 Å². The molecule has 2 aliphatic heterocycles. The number of hydrogen-bond acceptors (Lipinski definition) is 7. The summed E-state index contributed by atoms with van der Waals surface area (Å²) in [5.74, 6) is 10.3. The fraction of sp³-hybridized carbons (Fsp3) is 0.667. The number of ether oxygens (including phenoxy) is 2. The number of nitrogens with two attached hydrogens (primary N) is 1. The van der Waals surface area contributed by atoms with Crippen LogP contribution >= 0.6 is 0 Å². The van der Waals surface area contributed by atoms with Gasteiger partial charge in [0.25, 0.3) is 0 Å². The van der Waals surface area contributed by atoms with Crippen molar-refractivity contribution in [2.75, 3.05) is 53.5 Å². The first-order valence-electron chi connectivity index (χ1n) is 11.7. The van der Waals surface area contributed by atoms with Gasteiger partial charge < -0.3 is 35.6 Å². The Morgan fingerprint density at radius 3 is 1.83 bits per heavy atom. The van der Waals surface area contributed by atoms with Crippen LogP contribution in [0.2, 0.25) is 0 Å². The van der Waals surface area contributed by atoms with Gasteiger partial charge in [-0.05, 0) is 0 Å². The maximum absolute atomic E-state index is 12.5. The van der Waals surface area contributed by atoms with Crippen molar-refractivity contribution in [1.29, 1.82) is 0 Å². The highest BCUT2D eigenvalue weighted by atomic mass is 16.5. The molecule has 0 radical (unpaired) electrons. The number of amides is 4. The molecule has 0 fully saturated rings. The second kappa shape index (κ2) is 15.0. The quantitative estimate of drug-likeness (QED) is 0.325. The summed E-state index contributed by atoms with van der Waals surface area (Å²) >= 11 is 0. The van der Waals surface area contributed by atoms with E-state index in [0.29, 0.717) is 51.9 Å². The average molecular weight is 490 g/mol. The SMILES string of the molecule is COC1C#CCCN(C(=O)CNC(=O)CC(N)C(=O)NCC(=O)N2CCC#CC(OC)CC2)CC1. The van der Waals surface area contributed by atoms with E-state index in [1.807, 2.05) is 0 Å². The van der Waals surface area contributed by atoms with Gasteiger partial charge >= 0.3 is 0 Å². The predicted octanol–water partition coefficient (Wildman–Crippen LogP) is -1.78. The highest BCUT2D eigenvalue weighted by molar-refractivity contribution is 5.92. The Morgan fingerprint density at radius 2 is 1.34 bits per heavy atom. The molecule has 0 aliphatic carbocycles. The molecule has 2 rings (SSSR count). The van der Waals surface area contributed by atoms with Crippen LogP contribution in [0.1, 0.15) is 32.1 Å². The molecule has 2 heterocycles. The van der Waals surface area contributed by atoms with Gasteiger partial charge in [0.1, 0.15) is 12.2 Å². The Labute approximate surface area is 206 Å². The average Bonchev–Trinajstić information content (AvgIpc) is 2.81. The van der Waals surface area contributed by atoms with E-state index in [9.17, 15) is 19.2 Å². The fourth-order valence-electron chi connectivity index (χ4n) is 3.58. The van der Waals surface area contributed by atoms with Gasteiger partial charge in [-0.25, -0.2) is 0 Å². The molecule has 0 saturated carbocycles. The van der Waals surface area contributed by atoms with Crippen molar-refractivity contribution >= 4 is 23.6 Å². The molecule has 0 saturated heterocycles. The minimum Gasteiger partial charge on any atom is -0.369 e. The number of methoxy groups -OCH3 is 2. The topological polar surface area (TPSA) is 143 Å². The van der Waals surface area contributed by atoms with Crippen LogP contribution in [0.5, 0.6) is 0 Å². The summed E-state index contributed by atoms with van der Waals surface area (Å²) in [6.45, 7) is 1.48. The van der Waals surface area contributed by atoms with Crippen molar-refractivity contribution in [2.24, 2.45) is 5.73 Å². The molecular formula is C24H35N5O6. The molecule has 35 heavy (non-hydrogen) atoms. The standard InChI is InChI=1S/C24H35N5O6/c1-34-18-7-3-5-11-28(13-9-18)22(31)16-26-21(30)15-20(25)24(33)27-17-23(32)29-12-6-4-8-19(35-2)10-14-29/h18-20H,5-6,9-17,25H2,1-2H3,(H,26,30)(H,27,33). The van der Waals surface area contributed by atoms with Crippen molar-refractivity contribution in [3.05, 3.63) is 0 Å². The maximum atomic E-state index is 12.5. The molecular weight excluding hydrogens is 454 g/mol. The number of carbonyl (C=O) groups excluding carboxylic acids is 4. The highest BCUT2D eigenvalue weighted by Gasteiger charge is 2.22. The highest BCUT2D eigenvalue weighted by Crippen LogP contribution is 2.05. The van der Waals surface area contributed by atoms with Crippen molar-refractivity contribution in [1.82, 2.24) is 20.4 Å². The molecule has 4 amide bonds. The van der Waals surface area contributed by atoms with E-state index in [1.165, 1.54) is 0 Å². The summed E-state index contributed by atoms with van der Waals surface area (Å²) in [5, 5.41) is 4.99. The minimum absolute atomic E-state index is 0.197. The minimum atomic E-state index is -1.14. The van der Waals surface area contributed by atoms with Crippen molar-refractivity contribution in [2.45, 2.75) is 50.4 Å². The predicted molar refractivity (Wildman–Crippen MR) is 127 cm³/mol. The Kier molecular flexibility index (Phi) is 12.0. The van der Waals surface area contributed by atoms with Gasteiger partial charge in [0, 0.05) is 66.1 Å². The van der Waals surface area contributed by atoms with E-state index in [1.54, 1.807) is 24.0 Å². The van der Waals surface area contributed by atoms with Crippen molar-refractivity contribution < 1.29 is 28.7 Å². The lowest BCUT2D eigenvalue weighted by molar-refractivity contribution is -0.134. The van der Waals surface area contributed by atoms with Crippen LogP contribution in [0.3, 0.4) is 0 Å². The zero-order chi connectivity index (χ0) is 25.6.